The Labute approximate surface area is 112 Å². The number of nitrogens with zero attached hydrogens (tertiary/aromatic N) is 3. The number of rotatable bonds is 4. The lowest BCUT2D eigenvalue weighted by atomic mass is 10.1. The van der Waals surface area contributed by atoms with Gasteiger partial charge in [-0.3, -0.25) is 0 Å². The van der Waals surface area contributed by atoms with Crippen molar-refractivity contribution in [1.29, 1.82) is 0 Å². The maximum atomic E-state index is 6.00. The first kappa shape index (κ1) is 13.0. The topological polar surface area (TPSA) is 29.0 Å². The van der Waals surface area contributed by atoms with Crippen molar-refractivity contribution >= 4 is 29.2 Å². The van der Waals surface area contributed by atoms with Crippen LogP contribution in [0.25, 0.3) is 0 Å². The molecule has 5 heteroatoms. The van der Waals surface area contributed by atoms with Crippen LogP contribution in [-0.4, -0.2) is 29.8 Å². The molecule has 1 saturated carbocycles. The van der Waals surface area contributed by atoms with Crippen molar-refractivity contribution < 1.29 is 0 Å². The zero-order chi connectivity index (χ0) is 12.3. The Morgan fingerprint density at radius 1 is 1.41 bits per heavy atom. The highest BCUT2D eigenvalue weighted by Gasteiger charge is 2.18. The van der Waals surface area contributed by atoms with Gasteiger partial charge in [0.05, 0.1) is 0 Å². The van der Waals surface area contributed by atoms with E-state index in [4.69, 9.17) is 11.6 Å². The molecule has 0 aliphatic heterocycles. The van der Waals surface area contributed by atoms with E-state index >= 15 is 0 Å². The van der Waals surface area contributed by atoms with Gasteiger partial charge in [0.25, 0.3) is 0 Å². The summed E-state index contributed by atoms with van der Waals surface area (Å²) in [5, 5.41) is 1.27. The molecule has 0 unspecified atom stereocenters. The zero-order valence-corrected chi connectivity index (χ0v) is 11.9. The Bertz CT molecular complexity index is 380. The van der Waals surface area contributed by atoms with Crippen LogP contribution in [0.1, 0.15) is 25.7 Å². The van der Waals surface area contributed by atoms with E-state index in [1.807, 2.05) is 12.3 Å². The zero-order valence-electron chi connectivity index (χ0n) is 10.3. The second-order valence-corrected chi connectivity index (χ2v) is 5.73. The van der Waals surface area contributed by atoms with Crippen LogP contribution in [0.3, 0.4) is 0 Å². The molecule has 94 valence electrons. The van der Waals surface area contributed by atoms with Gasteiger partial charge in [0.15, 0.2) is 5.16 Å². The Balaban J connectivity index is 2.06. The molecule has 3 nitrogen and oxygen atoms in total. The van der Waals surface area contributed by atoms with E-state index in [2.05, 4.69) is 21.9 Å². The second kappa shape index (κ2) is 5.91. The minimum Gasteiger partial charge on any atom is -0.359 e. The lowest BCUT2D eigenvalue weighted by Gasteiger charge is -2.22. The number of anilines is 1. The molecule has 1 heterocycles. The van der Waals surface area contributed by atoms with E-state index in [1.165, 1.54) is 37.4 Å². The van der Waals surface area contributed by atoms with Crippen LogP contribution in [0.4, 0.5) is 5.82 Å². The molecular formula is C12H18ClN3S. The van der Waals surface area contributed by atoms with Crippen LogP contribution >= 0.6 is 23.4 Å². The molecule has 0 radical (unpaired) electrons. The first-order chi connectivity index (χ1) is 8.19. The molecule has 0 bridgehead atoms. The number of aromatic nitrogens is 2. The third-order valence-corrected chi connectivity index (χ3v) is 3.98. The third kappa shape index (κ3) is 3.49. The maximum Gasteiger partial charge on any atom is 0.190 e. The first-order valence-electron chi connectivity index (χ1n) is 5.98. The monoisotopic (exact) mass is 271 g/mol. The van der Waals surface area contributed by atoms with E-state index < -0.39 is 0 Å². The summed E-state index contributed by atoms with van der Waals surface area (Å²) in [4.78, 5) is 10.8. The van der Waals surface area contributed by atoms with Crippen LogP contribution in [0.15, 0.2) is 11.2 Å². The van der Waals surface area contributed by atoms with Crippen LogP contribution in [0.2, 0.25) is 5.15 Å². The number of hydrogen-bond acceptors (Lipinski definition) is 4. The molecule has 2 rings (SSSR count). The van der Waals surface area contributed by atoms with Crippen LogP contribution < -0.4 is 4.90 Å². The van der Waals surface area contributed by atoms with Crippen molar-refractivity contribution in [2.75, 3.05) is 24.7 Å². The lowest BCUT2D eigenvalue weighted by molar-refractivity contribution is 0.544. The van der Waals surface area contributed by atoms with E-state index in [1.54, 1.807) is 0 Å². The van der Waals surface area contributed by atoms with Crippen molar-refractivity contribution in [2.45, 2.75) is 30.8 Å². The Hall–Kier alpha value is -0.480. The average Bonchev–Trinajstić information content (AvgIpc) is 2.81. The van der Waals surface area contributed by atoms with Gasteiger partial charge in [-0.1, -0.05) is 36.2 Å². The van der Waals surface area contributed by atoms with Crippen molar-refractivity contribution in [3.8, 4) is 0 Å². The fraction of sp³-hybridized carbons (Fsp3) is 0.667. The van der Waals surface area contributed by atoms with Gasteiger partial charge in [-0.2, -0.15) is 0 Å². The molecule has 0 amide bonds. The SMILES string of the molecule is CSc1nc(Cl)cc(N(C)CC2CCCC2)n1. The van der Waals surface area contributed by atoms with Crippen LogP contribution in [-0.2, 0) is 0 Å². The summed E-state index contributed by atoms with van der Waals surface area (Å²) in [6, 6.07) is 1.84. The molecule has 0 atom stereocenters. The lowest BCUT2D eigenvalue weighted by Crippen LogP contribution is -2.25. The molecule has 0 aromatic carbocycles. The van der Waals surface area contributed by atoms with Crippen molar-refractivity contribution in [1.82, 2.24) is 9.97 Å². The van der Waals surface area contributed by atoms with Crippen LogP contribution in [0, 0.1) is 5.92 Å². The Kier molecular flexibility index (Phi) is 4.51. The second-order valence-electron chi connectivity index (χ2n) is 4.57. The fourth-order valence-corrected chi connectivity index (χ4v) is 2.95. The van der Waals surface area contributed by atoms with Gasteiger partial charge in [-0.15, -0.1) is 0 Å². The summed E-state index contributed by atoms with van der Waals surface area (Å²) < 4.78 is 0. The van der Waals surface area contributed by atoms with Gasteiger partial charge in [-0.25, -0.2) is 9.97 Å². The highest BCUT2D eigenvalue weighted by molar-refractivity contribution is 7.98. The smallest absolute Gasteiger partial charge is 0.190 e. The van der Waals surface area contributed by atoms with E-state index in [-0.39, 0.29) is 0 Å². The Morgan fingerprint density at radius 2 is 2.12 bits per heavy atom. The largest absolute Gasteiger partial charge is 0.359 e. The van der Waals surface area contributed by atoms with E-state index in [9.17, 15) is 0 Å². The molecule has 1 aromatic rings. The molecule has 1 aliphatic rings. The van der Waals surface area contributed by atoms with E-state index in [0.717, 1.165) is 23.4 Å². The predicted molar refractivity (Wildman–Crippen MR) is 74.1 cm³/mol. The summed E-state index contributed by atoms with van der Waals surface area (Å²) in [6.07, 6.45) is 7.40. The van der Waals surface area contributed by atoms with Crippen molar-refractivity contribution in [3.63, 3.8) is 0 Å². The summed E-state index contributed by atoms with van der Waals surface area (Å²) in [5.41, 5.74) is 0. The minimum atomic E-state index is 0.526. The summed E-state index contributed by atoms with van der Waals surface area (Å²) >= 11 is 7.52. The van der Waals surface area contributed by atoms with Gasteiger partial charge in [0, 0.05) is 19.7 Å². The van der Waals surface area contributed by atoms with Gasteiger partial charge >= 0.3 is 0 Å². The van der Waals surface area contributed by atoms with Crippen molar-refractivity contribution in [2.24, 2.45) is 5.92 Å². The van der Waals surface area contributed by atoms with Crippen LogP contribution in [0.5, 0.6) is 0 Å². The summed E-state index contributed by atoms with van der Waals surface area (Å²) in [7, 11) is 2.08. The third-order valence-electron chi connectivity index (χ3n) is 3.24. The quantitative estimate of drug-likeness (QED) is 0.476. The number of thioether (sulfide) groups is 1. The van der Waals surface area contributed by atoms with Gasteiger partial charge < -0.3 is 4.90 Å². The van der Waals surface area contributed by atoms with Gasteiger partial charge in [0.1, 0.15) is 11.0 Å². The molecular weight excluding hydrogens is 254 g/mol. The molecule has 0 N–H and O–H groups in total. The normalized spacial score (nSPS) is 16.4. The standard InChI is InChI=1S/C12H18ClN3S/c1-16(8-9-5-3-4-6-9)11-7-10(13)14-12(15-11)17-2/h7,9H,3-6,8H2,1-2H3. The average molecular weight is 272 g/mol. The molecule has 17 heavy (non-hydrogen) atoms. The molecule has 0 spiro atoms. The molecule has 0 saturated heterocycles. The summed E-state index contributed by atoms with van der Waals surface area (Å²) in [5.74, 6) is 1.74. The maximum absolute atomic E-state index is 6.00. The molecule has 1 aromatic heterocycles. The molecule has 1 fully saturated rings. The highest BCUT2D eigenvalue weighted by Crippen LogP contribution is 2.27. The van der Waals surface area contributed by atoms with Gasteiger partial charge in [-0.05, 0) is 25.0 Å². The van der Waals surface area contributed by atoms with Crippen molar-refractivity contribution in [3.05, 3.63) is 11.2 Å². The molecule has 1 aliphatic carbocycles. The van der Waals surface area contributed by atoms with Gasteiger partial charge in [0.2, 0.25) is 0 Å². The highest BCUT2D eigenvalue weighted by atomic mass is 35.5. The fourth-order valence-electron chi connectivity index (χ4n) is 2.35. The predicted octanol–water partition coefficient (Wildman–Crippen LogP) is 3.48. The first-order valence-corrected chi connectivity index (χ1v) is 7.59. The summed E-state index contributed by atoms with van der Waals surface area (Å²) in [6.45, 7) is 1.07. The minimum absolute atomic E-state index is 0.526. The number of hydrogen-bond donors (Lipinski definition) is 0. The van der Waals surface area contributed by atoms with E-state index in [0.29, 0.717) is 5.15 Å². The Morgan fingerprint density at radius 3 is 2.76 bits per heavy atom. The number of halogens is 1.